The molecule has 174 valence electrons. The Labute approximate surface area is 193 Å². The fourth-order valence-corrected chi connectivity index (χ4v) is 3.73. The Morgan fingerprint density at radius 1 is 0.941 bits per heavy atom. The molecule has 4 rings (SSSR count). The maximum Gasteiger partial charge on any atom is 0.434 e. The maximum atomic E-state index is 13.9. The van der Waals surface area contributed by atoms with Crippen LogP contribution in [0.2, 0.25) is 0 Å². The smallest absolute Gasteiger partial charge is 0.361 e. The van der Waals surface area contributed by atoms with Crippen molar-refractivity contribution in [3.8, 4) is 5.69 Å². The third-order valence-electron chi connectivity index (χ3n) is 5.52. The average molecular weight is 467 g/mol. The highest BCUT2D eigenvalue weighted by atomic mass is 19.4. The monoisotopic (exact) mass is 467 g/mol. The second-order valence-electron chi connectivity index (χ2n) is 7.91. The van der Waals surface area contributed by atoms with E-state index in [-0.39, 0.29) is 24.3 Å². The second kappa shape index (κ2) is 9.09. The summed E-state index contributed by atoms with van der Waals surface area (Å²) in [5.74, 6) is -0.511. The lowest BCUT2D eigenvalue weighted by atomic mass is 9.95. The van der Waals surface area contributed by atoms with Crippen molar-refractivity contribution in [2.75, 3.05) is 0 Å². The molecule has 0 amide bonds. The number of rotatable bonds is 7. The molecule has 0 spiro atoms. The van der Waals surface area contributed by atoms with Gasteiger partial charge in [0.15, 0.2) is 17.3 Å². The van der Waals surface area contributed by atoms with Gasteiger partial charge in [0.25, 0.3) is 0 Å². The van der Waals surface area contributed by atoms with E-state index < -0.39 is 23.2 Å². The van der Waals surface area contributed by atoms with Crippen molar-refractivity contribution in [2.24, 2.45) is 0 Å². The van der Waals surface area contributed by atoms with Crippen LogP contribution in [-0.2, 0) is 19.0 Å². The van der Waals surface area contributed by atoms with Crippen LogP contribution in [0.3, 0.4) is 0 Å². The van der Waals surface area contributed by atoms with Gasteiger partial charge >= 0.3 is 6.18 Å². The lowest BCUT2D eigenvalue weighted by molar-refractivity contribution is -0.143. The number of Topliss-reactive ketones (excluding diaryl/α,β-unsaturated/α-hetero) is 2. The number of hydrogen-bond donors (Lipinski definition) is 0. The minimum absolute atomic E-state index is 0.0512. The van der Waals surface area contributed by atoms with Crippen molar-refractivity contribution in [2.45, 2.75) is 32.9 Å². The zero-order chi connectivity index (χ0) is 24.5. The summed E-state index contributed by atoms with van der Waals surface area (Å²) in [4.78, 5) is 25.5. The van der Waals surface area contributed by atoms with Crippen LogP contribution in [0.1, 0.15) is 48.9 Å². The molecule has 0 fully saturated rings. The summed E-state index contributed by atoms with van der Waals surface area (Å²) < 4.78 is 47.3. The van der Waals surface area contributed by atoms with Crippen molar-refractivity contribution in [1.29, 1.82) is 0 Å². The summed E-state index contributed by atoms with van der Waals surface area (Å²) in [6.07, 6.45) is -2.69. The van der Waals surface area contributed by atoms with Crippen LogP contribution < -0.4 is 0 Å². The molecule has 0 unspecified atom stereocenters. The van der Waals surface area contributed by atoms with Gasteiger partial charge in [0.1, 0.15) is 5.76 Å². The molecule has 0 bridgehead atoms. The van der Waals surface area contributed by atoms with Crippen LogP contribution in [0, 0.1) is 13.8 Å². The first-order valence-electron chi connectivity index (χ1n) is 10.4. The van der Waals surface area contributed by atoms with E-state index in [1.165, 1.54) is 18.3 Å². The fourth-order valence-electron chi connectivity index (χ4n) is 3.73. The summed E-state index contributed by atoms with van der Waals surface area (Å²) in [6.45, 7) is 3.45. The largest absolute Gasteiger partial charge is 0.434 e. The molecule has 0 saturated heterocycles. The van der Waals surface area contributed by atoms with Crippen molar-refractivity contribution < 1.29 is 27.3 Å². The highest BCUT2D eigenvalue weighted by molar-refractivity contribution is 5.99. The lowest BCUT2D eigenvalue weighted by Gasteiger charge is -2.13. The molecular formula is C25H20F3N3O3. The third kappa shape index (κ3) is 4.68. The Morgan fingerprint density at radius 3 is 2.29 bits per heavy atom. The van der Waals surface area contributed by atoms with E-state index in [2.05, 4.69) is 10.3 Å². The zero-order valence-corrected chi connectivity index (χ0v) is 18.4. The van der Waals surface area contributed by atoms with Crippen LogP contribution in [0.25, 0.3) is 5.69 Å². The quantitative estimate of drug-likeness (QED) is 0.343. The molecule has 9 heteroatoms. The fraction of sp³-hybridized carbons (Fsp3) is 0.200. The predicted octanol–water partition coefficient (Wildman–Crippen LogP) is 5.35. The molecule has 0 atom stereocenters. The van der Waals surface area contributed by atoms with Gasteiger partial charge in [0.2, 0.25) is 0 Å². The van der Waals surface area contributed by atoms with E-state index in [4.69, 9.17) is 4.52 Å². The van der Waals surface area contributed by atoms with E-state index in [0.29, 0.717) is 22.5 Å². The molecule has 2 aromatic carbocycles. The molecule has 0 saturated carbocycles. The number of benzene rings is 2. The second-order valence-corrected chi connectivity index (χ2v) is 7.91. The Kier molecular flexibility index (Phi) is 6.19. The number of halogens is 3. The maximum absolute atomic E-state index is 13.9. The number of carbonyl (C=O) groups is 2. The van der Waals surface area contributed by atoms with Gasteiger partial charge in [-0.05, 0) is 42.7 Å². The third-order valence-corrected chi connectivity index (χ3v) is 5.52. The standard InChI is InChI=1S/C25H20F3N3O3/c1-15-8-9-17(10-18(15)12-23(33)20-14-30-34-16(20)2)11-22(32)21-13-29-31(24(21)25(26,27)28)19-6-4-3-5-7-19/h3-10,13-14H,11-12H2,1-2H3. The highest BCUT2D eigenvalue weighted by Crippen LogP contribution is 2.34. The van der Waals surface area contributed by atoms with Gasteiger partial charge < -0.3 is 4.52 Å². The van der Waals surface area contributed by atoms with Crippen molar-refractivity contribution in [3.05, 3.63) is 100 Å². The number of nitrogens with zero attached hydrogens (tertiary/aromatic N) is 3. The Hall–Kier alpha value is -4.01. The van der Waals surface area contributed by atoms with Gasteiger partial charge in [-0.25, -0.2) is 4.68 Å². The van der Waals surface area contributed by atoms with Crippen LogP contribution >= 0.6 is 0 Å². The van der Waals surface area contributed by atoms with Gasteiger partial charge in [-0.2, -0.15) is 18.3 Å². The first-order chi connectivity index (χ1) is 16.1. The minimum Gasteiger partial charge on any atom is -0.361 e. The van der Waals surface area contributed by atoms with E-state index in [1.54, 1.807) is 43.3 Å². The van der Waals surface area contributed by atoms with Gasteiger partial charge in [-0.15, -0.1) is 0 Å². The first-order valence-corrected chi connectivity index (χ1v) is 10.4. The predicted molar refractivity (Wildman–Crippen MR) is 117 cm³/mol. The normalized spacial score (nSPS) is 11.6. The van der Waals surface area contributed by atoms with Crippen LogP contribution in [0.5, 0.6) is 0 Å². The van der Waals surface area contributed by atoms with Gasteiger partial charge in [-0.1, -0.05) is 41.6 Å². The minimum atomic E-state index is -4.78. The molecular weight excluding hydrogens is 447 g/mol. The van der Waals surface area contributed by atoms with E-state index >= 15 is 0 Å². The number of carbonyl (C=O) groups excluding carboxylic acids is 2. The number of ketones is 2. The number of para-hydroxylation sites is 1. The first kappa shape index (κ1) is 23.2. The molecule has 2 heterocycles. The van der Waals surface area contributed by atoms with Gasteiger partial charge in [0.05, 0.1) is 29.2 Å². The number of hydrogen-bond acceptors (Lipinski definition) is 5. The summed E-state index contributed by atoms with van der Waals surface area (Å²) in [6, 6.07) is 12.9. The average Bonchev–Trinajstić information content (AvgIpc) is 3.43. The number of aromatic nitrogens is 3. The van der Waals surface area contributed by atoms with Crippen LogP contribution in [0.4, 0.5) is 13.2 Å². The topological polar surface area (TPSA) is 78.0 Å². The Balaban J connectivity index is 1.61. The van der Waals surface area contributed by atoms with Crippen molar-refractivity contribution in [3.63, 3.8) is 0 Å². The zero-order valence-electron chi connectivity index (χ0n) is 18.4. The molecule has 0 aliphatic carbocycles. The Bertz CT molecular complexity index is 1350. The van der Waals surface area contributed by atoms with E-state index in [9.17, 15) is 22.8 Å². The molecule has 0 N–H and O–H groups in total. The Morgan fingerprint density at radius 2 is 1.65 bits per heavy atom. The van der Waals surface area contributed by atoms with Crippen LogP contribution in [-0.4, -0.2) is 26.5 Å². The highest BCUT2D eigenvalue weighted by Gasteiger charge is 2.40. The SMILES string of the molecule is Cc1ccc(CC(=O)c2cnn(-c3ccccc3)c2C(F)(F)F)cc1CC(=O)c1cnoc1C. The summed E-state index contributed by atoms with van der Waals surface area (Å²) in [7, 11) is 0. The van der Waals surface area contributed by atoms with E-state index in [0.717, 1.165) is 16.4 Å². The van der Waals surface area contributed by atoms with Gasteiger partial charge in [0, 0.05) is 12.8 Å². The molecule has 0 aliphatic heterocycles. The molecule has 4 aromatic rings. The van der Waals surface area contributed by atoms with E-state index in [1.807, 2.05) is 6.92 Å². The van der Waals surface area contributed by atoms with Gasteiger partial charge in [-0.3, -0.25) is 9.59 Å². The number of aryl methyl sites for hydroxylation is 2. The number of alkyl halides is 3. The summed E-state index contributed by atoms with van der Waals surface area (Å²) >= 11 is 0. The molecule has 0 aliphatic rings. The lowest BCUT2D eigenvalue weighted by Crippen LogP contribution is -2.18. The summed E-state index contributed by atoms with van der Waals surface area (Å²) in [5, 5.41) is 7.45. The molecule has 34 heavy (non-hydrogen) atoms. The molecule has 6 nitrogen and oxygen atoms in total. The molecule has 2 aromatic heterocycles. The molecule has 0 radical (unpaired) electrons. The summed E-state index contributed by atoms with van der Waals surface area (Å²) in [5.41, 5.74) is 0.946. The van der Waals surface area contributed by atoms with Crippen molar-refractivity contribution in [1.82, 2.24) is 14.9 Å². The van der Waals surface area contributed by atoms with Crippen LogP contribution in [0.15, 0.2) is 65.4 Å². The van der Waals surface area contributed by atoms with Crippen molar-refractivity contribution >= 4 is 11.6 Å².